The van der Waals surface area contributed by atoms with Gasteiger partial charge >= 0.3 is 0 Å². The van der Waals surface area contributed by atoms with Crippen molar-refractivity contribution in [2.45, 2.75) is 85.5 Å². The Morgan fingerprint density at radius 1 is 0.850 bits per heavy atom. The van der Waals surface area contributed by atoms with Gasteiger partial charge in [0.05, 0.1) is 0 Å². The van der Waals surface area contributed by atoms with E-state index in [4.69, 9.17) is 0 Å². The highest BCUT2D eigenvalue weighted by Gasteiger charge is 2.48. The van der Waals surface area contributed by atoms with E-state index in [0.717, 1.165) is 40.9 Å². The lowest BCUT2D eigenvalue weighted by atomic mass is 9.50. The molecular weight excluding hydrogens is 240 g/mol. The second-order valence-corrected chi connectivity index (χ2v) is 9.35. The van der Waals surface area contributed by atoms with Crippen LogP contribution in [0, 0.1) is 40.9 Å². The van der Waals surface area contributed by atoms with Gasteiger partial charge in [-0.15, -0.1) is 0 Å². The van der Waals surface area contributed by atoms with Crippen LogP contribution in [0.25, 0.3) is 0 Å². The van der Waals surface area contributed by atoms with Gasteiger partial charge in [-0.05, 0) is 85.9 Å². The van der Waals surface area contributed by atoms with Crippen molar-refractivity contribution >= 4 is 0 Å². The Morgan fingerprint density at radius 3 is 1.85 bits per heavy atom. The molecule has 1 spiro atoms. The van der Waals surface area contributed by atoms with E-state index in [9.17, 15) is 0 Å². The topological polar surface area (TPSA) is 0 Å². The van der Waals surface area contributed by atoms with Crippen molar-refractivity contribution < 1.29 is 0 Å². The van der Waals surface area contributed by atoms with E-state index in [-0.39, 0.29) is 0 Å². The molecule has 0 aromatic heterocycles. The minimum Gasteiger partial charge on any atom is -0.0625 e. The van der Waals surface area contributed by atoms with Gasteiger partial charge in [0.1, 0.15) is 0 Å². The van der Waals surface area contributed by atoms with Crippen molar-refractivity contribution in [1.29, 1.82) is 0 Å². The first-order chi connectivity index (χ1) is 9.49. The maximum absolute atomic E-state index is 2.39. The number of rotatable bonds is 2. The molecule has 0 unspecified atom stereocenters. The van der Waals surface area contributed by atoms with Crippen LogP contribution in [0.1, 0.15) is 85.5 Å². The van der Waals surface area contributed by atoms with Crippen molar-refractivity contribution in [2.75, 3.05) is 0 Å². The Morgan fingerprint density at radius 2 is 1.55 bits per heavy atom. The van der Waals surface area contributed by atoms with Crippen LogP contribution in [0.2, 0.25) is 0 Å². The van der Waals surface area contributed by atoms with Crippen LogP contribution in [-0.2, 0) is 0 Å². The molecule has 4 fully saturated rings. The molecule has 2 bridgehead atoms. The standard InChI is InChI=1S/2C10H18/c1-7(2)10-6-8-3-4-9(10)5-8;1-8(2)9-6-10(7-9)4-3-5-10/h7-10H,3-6H2,1-2H3;8-9H,3-7H2,1-2H3/t8-,9+,10-;/m1./s1. The third-order valence-electron chi connectivity index (χ3n) is 7.40. The smallest absolute Gasteiger partial charge is 0.0292 e. The highest BCUT2D eigenvalue weighted by molar-refractivity contribution is 4.99. The van der Waals surface area contributed by atoms with Gasteiger partial charge in [0.2, 0.25) is 0 Å². The van der Waals surface area contributed by atoms with Crippen molar-refractivity contribution in [3.05, 3.63) is 0 Å². The van der Waals surface area contributed by atoms with Gasteiger partial charge in [-0.1, -0.05) is 40.5 Å². The summed E-state index contributed by atoms with van der Waals surface area (Å²) in [6.45, 7) is 9.53. The lowest BCUT2D eigenvalue weighted by Crippen LogP contribution is -2.44. The monoisotopic (exact) mass is 276 g/mol. The molecule has 4 rings (SSSR count). The third kappa shape index (κ3) is 2.81. The zero-order valence-corrected chi connectivity index (χ0v) is 14.3. The zero-order valence-electron chi connectivity index (χ0n) is 14.3. The number of hydrogen-bond acceptors (Lipinski definition) is 0. The predicted molar refractivity (Wildman–Crippen MR) is 87.6 cm³/mol. The molecule has 0 aromatic carbocycles. The van der Waals surface area contributed by atoms with Crippen LogP contribution in [0.3, 0.4) is 0 Å². The fourth-order valence-electron chi connectivity index (χ4n) is 5.72. The molecule has 0 aromatic rings. The van der Waals surface area contributed by atoms with Crippen LogP contribution < -0.4 is 0 Å². The third-order valence-corrected chi connectivity index (χ3v) is 7.40. The molecule has 3 atom stereocenters. The molecule has 0 nitrogen and oxygen atoms in total. The highest BCUT2D eigenvalue weighted by atomic mass is 14.5. The van der Waals surface area contributed by atoms with Crippen LogP contribution in [0.15, 0.2) is 0 Å². The van der Waals surface area contributed by atoms with Crippen LogP contribution in [-0.4, -0.2) is 0 Å². The highest BCUT2D eigenvalue weighted by Crippen LogP contribution is 2.60. The molecule has 0 radical (unpaired) electrons. The lowest BCUT2D eigenvalue weighted by molar-refractivity contribution is -0.0435. The van der Waals surface area contributed by atoms with Crippen molar-refractivity contribution in [1.82, 2.24) is 0 Å². The minimum atomic E-state index is 0.898. The van der Waals surface area contributed by atoms with Crippen molar-refractivity contribution in [3.8, 4) is 0 Å². The fraction of sp³-hybridized carbons (Fsp3) is 1.00. The number of hydrogen-bond donors (Lipinski definition) is 0. The fourth-order valence-corrected chi connectivity index (χ4v) is 5.72. The van der Waals surface area contributed by atoms with Gasteiger partial charge in [0.15, 0.2) is 0 Å². The van der Waals surface area contributed by atoms with Gasteiger partial charge < -0.3 is 0 Å². The van der Waals surface area contributed by atoms with Gasteiger partial charge in [-0.2, -0.15) is 0 Å². The van der Waals surface area contributed by atoms with Crippen molar-refractivity contribution in [2.24, 2.45) is 40.9 Å². The van der Waals surface area contributed by atoms with Crippen molar-refractivity contribution in [3.63, 3.8) is 0 Å². The van der Waals surface area contributed by atoms with Crippen LogP contribution in [0.5, 0.6) is 0 Å². The average molecular weight is 277 g/mol. The maximum atomic E-state index is 2.39. The van der Waals surface area contributed by atoms with Gasteiger partial charge in [-0.3, -0.25) is 0 Å². The Balaban J connectivity index is 0.000000121. The Labute approximate surface area is 127 Å². The van der Waals surface area contributed by atoms with E-state index in [1.807, 2.05) is 0 Å². The molecule has 116 valence electrons. The molecule has 4 aliphatic carbocycles. The summed E-state index contributed by atoms with van der Waals surface area (Å²) in [6.07, 6.45) is 14.0. The second-order valence-electron chi connectivity index (χ2n) is 9.35. The summed E-state index contributed by atoms with van der Waals surface area (Å²) in [7, 11) is 0. The Hall–Kier alpha value is 0. The maximum Gasteiger partial charge on any atom is -0.0292 e. The minimum absolute atomic E-state index is 0.898. The molecule has 0 heterocycles. The van der Waals surface area contributed by atoms with E-state index < -0.39 is 0 Å². The summed E-state index contributed by atoms with van der Waals surface area (Å²) in [5, 5.41) is 0. The Kier molecular flexibility index (Phi) is 4.22. The number of fused-ring (bicyclic) bond motifs is 2. The first-order valence-corrected chi connectivity index (χ1v) is 9.49. The molecule has 0 amide bonds. The van der Waals surface area contributed by atoms with E-state index in [0.29, 0.717) is 0 Å². The summed E-state index contributed by atoms with van der Waals surface area (Å²) in [6, 6.07) is 0. The van der Waals surface area contributed by atoms with E-state index in [2.05, 4.69) is 27.7 Å². The SMILES string of the molecule is CC(C)C1CC2(CCC2)C1.CC(C)[C@H]1C[C@@H]2CC[C@H]1C2. The molecule has 0 N–H and O–H groups in total. The molecule has 0 saturated heterocycles. The lowest BCUT2D eigenvalue weighted by Gasteiger charge is -2.55. The summed E-state index contributed by atoms with van der Waals surface area (Å²) < 4.78 is 0. The largest absolute Gasteiger partial charge is 0.0625 e. The van der Waals surface area contributed by atoms with E-state index >= 15 is 0 Å². The normalized spacial score (nSPS) is 37.8. The van der Waals surface area contributed by atoms with Gasteiger partial charge in [0.25, 0.3) is 0 Å². The summed E-state index contributed by atoms with van der Waals surface area (Å²) >= 11 is 0. The average Bonchev–Trinajstić information content (AvgIpc) is 2.86. The van der Waals surface area contributed by atoms with E-state index in [1.54, 1.807) is 51.4 Å². The summed E-state index contributed by atoms with van der Waals surface area (Å²) in [4.78, 5) is 0. The summed E-state index contributed by atoms with van der Waals surface area (Å²) in [5.41, 5.74) is 0.898. The first-order valence-electron chi connectivity index (χ1n) is 9.49. The molecule has 4 aliphatic rings. The molecule has 4 saturated carbocycles. The quantitative estimate of drug-likeness (QED) is 0.555. The Bertz CT molecular complexity index is 315. The zero-order chi connectivity index (χ0) is 14.3. The predicted octanol–water partition coefficient (Wildman–Crippen LogP) is 6.30. The van der Waals surface area contributed by atoms with Crippen LogP contribution >= 0.6 is 0 Å². The molecule has 0 aliphatic heterocycles. The van der Waals surface area contributed by atoms with Gasteiger partial charge in [0, 0.05) is 0 Å². The summed E-state index contributed by atoms with van der Waals surface area (Å²) in [5.74, 6) is 6.35. The van der Waals surface area contributed by atoms with E-state index in [1.165, 1.54) is 6.42 Å². The van der Waals surface area contributed by atoms with Gasteiger partial charge in [-0.25, -0.2) is 0 Å². The van der Waals surface area contributed by atoms with Crippen LogP contribution in [0.4, 0.5) is 0 Å². The molecule has 0 heteroatoms. The molecular formula is C20H36. The molecule has 20 heavy (non-hydrogen) atoms. The second kappa shape index (κ2) is 5.65. The first kappa shape index (κ1) is 14.9.